The van der Waals surface area contributed by atoms with Crippen LogP contribution < -0.4 is 10.1 Å². The summed E-state index contributed by atoms with van der Waals surface area (Å²) in [6.07, 6.45) is 1.10. The molecule has 33 heavy (non-hydrogen) atoms. The van der Waals surface area contributed by atoms with E-state index in [1.807, 2.05) is 91.0 Å². The van der Waals surface area contributed by atoms with Crippen LogP contribution in [-0.4, -0.2) is 15.1 Å². The molecule has 3 aromatic carbocycles. The SMILES string of the molecule is Fc1cnc(OCc2ccccc2)nc1NC(=NCc1ccccc1)SCc1ccccc1. The predicted molar refractivity (Wildman–Crippen MR) is 132 cm³/mol. The second kappa shape index (κ2) is 11.8. The monoisotopic (exact) mass is 458 g/mol. The number of aliphatic imine (C=N–C) groups is 1. The average Bonchev–Trinajstić information content (AvgIpc) is 2.88. The van der Waals surface area contributed by atoms with Crippen LogP contribution in [0.4, 0.5) is 10.2 Å². The number of amidine groups is 1. The molecule has 0 atom stereocenters. The van der Waals surface area contributed by atoms with Crippen molar-refractivity contribution in [3.05, 3.63) is 120 Å². The lowest BCUT2D eigenvalue weighted by Gasteiger charge is -2.11. The molecule has 7 heteroatoms. The molecular weight excluding hydrogens is 435 g/mol. The number of nitrogens with one attached hydrogen (secondary N) is 1. The van der Waals surface area contributed by atoms with Crippen LogP contribution in [0.25, 0.3) is 0 Å². The largest absolute Gasteiger partial charge is 0.459 e. The van der Waals surface area contributed by atoms with Gasteiger partial charge >= 0.3 is 6.01 Å². The van der Waals surface area contributed by atoms with E-state index in [4.69, 9.17) is 4.74 Å². The fourth-order valence-corrected chi connectivity index (χ4v) is 3.75. The Kier molecular flexibility index (Phi) is 8.03. The van der Waals surface area contributed by atoms with Crippen LogP contribution in [0, 0.1) is 5.82 Å². The van der Waals surface area contributed by atoms with Crippen molar-refractivity contribution in [2.75, 3.05) is 5.32 Å². The highest BCUT2D eigenvalue weighted by molar-refractivity contribution is 8.13. The predicted octanol–water partition coefficient (Wildman–Crippen LogP) is 6.10. The quantitative estimate of drug-likeness (QED) is 0.256. The van der Waals surface area contributed by atoms with E-state index in [0.29, 0.717) is 24.1 Å². The molecule has 0 aliphatic heterocycles. The van der Waals surface area contributed by atoms with Gasteiger partial charge in [0, 0.05) is 5.75 Å². The second-order valence-corrected chi connectivity index (χ2v) is 8.09. The number of benzene rings is 3. The number of nitrogens with zero attached hydrogens (tertiary/aromatic N) is 3. The van der Waals surface area contributed by atoms with Gasteiger partial charge < -0.3 is 10.1 Å². The summed E-state index contributed by atoms with van der Waals surface area (Å²) in [5.41, 5.74) is 3.18. The number of anilines is 1. The molecule has 0 saturated carbocycles. The molecule has 0 aliphatic carbocycles. The van der Waals surface area contributed by atoms with Crippen molar-refractivity contribution in [3.63, 3.8) is 0 Å². The number of rotatable bonds is 8. The zero-order valence-corrected chi connectivity index (χ0v) is 18.7. The molecule has 5 nitrogen and oxygen atoms in total. The number of thioether (sulfide) groups is 1. The van der Waals surface area contributed by atoms with Gasteiger partial charge in [-0.25, -0.2) is 9.37 Å². The average molecular weight is 459 g/mol. The Morgan fingerprint density at radius 3 is 2.12 bits per heavy atom. The minimum atomic E-state index is -0.574. The van der Waals surface area contributed by atoms with E-state index in [1.54, 1.807) is 0 Å². The maximum Gasteiger partial charge on any atom is 0.318 e. The lowest BCUT2D eigenvalue weighted by atomic mass is 10.2. The molecule has 1 aromatic heterocycles. The first-order chi connectivity index (χ1) is 16.3. The highest BCUT2D eigenvalue weighted by atomic mass is 32.2. The molecule has 0 saturated heterocycles. The molecule has 166 valence electrons. The highest BCUT2D eigenvalue weighted by Gasteiger charge is 2.12. The summed E-state index contributed by atoms with van der Waals surface area (Å²) >= 11 is 1.48. The zero-order valence-electron chi connectivity index (χ0n) is 17.9. The first-order valence-electron chi connectivity index (χ1n) is 10.5. The van der Waals surface area contributed by atoms with Gasteiger partial charge in [-0.3, -0.25) is 4.99 Å². The van der Waals surface area contributed by atoms with Crippen molar-refractivity contribution in [1.29, 1.82) is 0 Å². The van der Waals surface area contributed by atoms with E-state index in [0.717, 1.165) is 22.9 Å². The Labute approximate surface area is 196 Å². The highest BCUT2D eigenvalue weighted by Crippen LogP contribution is 2.20. The maximum absolute atomic E-state index is 14.5. The van der Waals surface area contributed by atoms with Gasteiger partial charge in [0.1, 0.15) is 6.61 Å². The van der Waals surface area contributed by atoms with E-state index in [1.165, 1.54) is 11.8 Å². The molecule has 0 unspecified atom stereocenters. The minimum Gasteiger partial charge on any atom is -0.459 e. The smallest absolute Gasteiger partial charge is 0.318 e. The summed E-state index contributed by atoms with van der Waals surface area (Å²) in [5, 5.41) is 3.60. The molecule has 4 rings (SSSR count). The van der Waals surface area contributed by atoms with Crippen molar-refractivity contribution in [1.82, 2.24) is 9.97 Å². The van der Waals surface area contributed by atoms with Gasteiger partial charge in [-0.1, -0.05) is 103 Å². The van der Waals surface area contributed by atoms with Gasteiger partial charge in [0.15, 0.2) is 16.8 Å². The van der Waals surface area contributed by atoms with Crippen molar-refractivity contribution in [2.24, 2.45) is 4.99 Å². The molecule has 0 fully saturated rings. The summed E-state index contributed by atoms with van der Waals surface area (Å²) in [4.78, 5) is 12.8. The summed E-state index contributed by atoms with van der Waals surface area (Å²) < 4.78 is 20.2. The third kappa shape index (κ3) is 7.15. The van der Waals surface area contributed by atoms with Crippen molar-refractivity contribution >= 4 is 22.7 Å². The molecule has 0 bridgehead atoms. The van der Waals surface area contributed by atoms with Crippen molar-refractivity contribution in [3.8, 4) is 6.01 Å². The molecule has 0 radical (unpaired) electrons. The maximum atomic E-state index is 14.5. The molecule has 4 aromatic rings. The molecule has 1 N–H and O–H groups in total. The van der Waals surface area contributed by atoms with Gasteiger partial charge in [-0.05, 0) is 16.7 Å². The summed E-state index contributed by atoms with van der Waals surface area (Å²) in [6.45, 7) is 0.763. The number of hydrogen-bond donors (Lipinski definition) is 1. The van der Waals surface area contributed by atoms with Crippen LogP contribution in [0.15, 0.2) is 102 Å². The van der Waals surface area contributed by atoms with E-state index in [9.17, 15) is 4.39 Å². The Morgan fingerprint density at radius 1 is 0.848 bits per heavy atom. The van der Waals surface area contributed by atoms with Crippen LogP contribution in [-0.2, 0) is 18.9 Å². The number of aromatic nitrogens is 2. The Hall–Kier alpha value is -3.71. The lowest BCUT2D eigenvalue weighted by Crippen LogP contribution is -2.13. The second-order valence-electron chi connectivity index (χ2n) is 7.13. The fourth-order valence-electron chi connectivity index (χ4n) is 2.93. The molecule has 1 heterocycles. The molecule has 0 aliphatic rings. The Balaban J connectivity index is 1.48. The van der Waals surface area contributed by atoms with Gasteiger partial charge in [-0.15, -0.1) is 0 Å². The van der Waals surface area contributed by atoms with Crippen LogP contribution in [0.3, 0.4) is 0 Å². The van der Waals surface area contributed by atoms with Crippen molar-refractivity contribution in [2.45, 2.75) is 18.9 Å². The molecule has 0 spiro atoms. The third-order valence-electron chi connectivity index (χ3n) is 4.62. The van der Waals surface area contributed by atoms with E-state index in [2.05, 4.69) is 20.3 Å². The zero-order chi connectivity index (χ0) is 22.7. The summed E-state index contributed by atoms with van der Waals surface area (Å²) in [5.74, 6) is 0.140. The van der Waals surface area contributed by atoms with Crippen LogP contribution >= 0.6 is 11.8 Å². The number of hydrogen-bond acceptors (Lipinski definition) is 5. The normalized spacial score (nSPS) is 11.2. The van der Waals surface area contributed by atoms with Crippen LogP contribution in [0.1, 0.15) is 16.7 Å². The number of ether oxygens (including phenoxy) is 1. The van der Waals surface area contributed by atoms with Crippen molar-refractivity contribution < 1.29 is 9.13 Å². The topological polar surface area (TPSA) is 59.4 Å². The standard InChI is InChI=1S/C26H23FN4OS/c27-23-17-28-25(32-18-21-12-6-2-7-13-21)30-24(23)31-26(29-16-20-10-4-1-5-11-20)33-19-22-14-8-3-9-15-22/h1-15,17H,16,18-19H2,(H,28,29,30,31). The van der Waals surface area contributed by atoms with Gasteiger partial charge in [0.05, 0.1) is 12.7 Å². The van der Waals surface area contributed by atoms with E-state index in [-0.39, 0.29) is 11.8 Å². The van der Waals surface area contributed by atoms with Gasteiger partial charge in [-0.2, -0.15) is 4.98 Å². The summed E-state index contributed by atoms with van der Waals surface area (Å²) in [6, 6.07) is 29.7. The van der Waals surface area contributed by atoms with E-state index < -0.39 is 5.82 Å². The first-order valence-corrected chi connectivity index (χ1v) is 11.5. The van der Waals surface area contributed by atoms with Crippen LogP contribution in [0.2, 0.25) is 0 Å². The Morgan fingerprint density at radius 2 is 1.45 bits per heavy atom. The van der Waals surface area contributed by atoms with Gasteiger partial charge in [0.25, 0.3) is 0 Å². The third-order valence-corrected chi connectivity index (χ3v) is 5.61. The molecular formula is C26H23FN4OS. The molecule has 0 amide bonds. The van der Waals surface area contributed by atoms with Crippen LogP contribution in [0.5, 0.6) is 6.01 Å². The van der Waals surface area contributed by atoms with Gasteiger partial charge in [0.2, 0.25) is 0 Å². The summed E-state index contributed by atoms with van der Waals surface area (Å²) in [7, 11) is 0. The minimum absolute atomic E-state index is 0.0282. The van der Waals surface area contributed by atoms with E-state index >= 15 is 0 Å². The fraction of sp³-hybridized carbons (Fsp3) is 0.115. The lowest BCUT2D eigenvalue weighted by molar-refractivity contribution is 0.280. The Bertz CT molecular complexity index is 1170. The first kappa shape index (κ1) is 22.5. The number of halogens is 1.